The van der Waals surface area contributed by atoms with Gasteiger partial charge in [-0.3, -0.25) is 24.7 Å². The first-order valence-corrected chi connectivity index (χ1v) is 8.07. The van der Waals surface area contributed by atoms with Crippen molar-refractivity contribution in [3.8, 4) is 0 Å². The zero-order valence-corrected chi connectivity index (χ0v) is 13.7. The average Bonchev–Trinajstić information content (AvgIpc) is 3.20. The summed E-state index contributed by atoms with van der Waals surface area (Å²) >= 11 is 0.803. The molecule has 0 saturated carbocycles. The van der Waals surface area contributed by atoms with Crippen molar-refractivity contribution in [1.82, 2.24) is 19.8 Å². The molecule has 25 heavy (non-hydrogen) atoms. The van der Waals surface area contributed by atoms with Crippen LogP contribution in [0.1, 0.15) is 5.56 Å². The number of hydrogen-bond acceptors (Lipinski definition) is 6. The first kappa shape index (κ1) is 16.7. The van der Waals surface area contributed by atoms with Crippen molar-refractivity contribution in [2.75, 3.05) is 12.0 Å². The largest absolute Gasteiger partial charge is 0.294 e. The Bertz CT molecular complexity index is 846. The van der Waals surface area contributed by atoms with Gasteiger partial charge in [-0.2, -0.15) is 0 Å². The second kappa shape index (κ2) is 7.58. The maximum atomic E-state index is 12.3. The van der Waals surface area contributed by atoms with E-state index in [0.717, 1.165) is 22.2 Å². The lowest BCUT2D eigenvalue weighted by molar-refractivity contribution is -0.127. The van der Waals surface area contributed by atoms with Crippen molar-refractivity contribution >= 4 is 34.9 Å². The van der Waals surface area contributed by atoms with Crippen LogP contribution in [-0.2, 0) is 9.59 Å². The van der Waals surface area contributed by atoms with E-state index in [4.69, 9.17) is 0 Å². The van der Waals surface area contributed by atoms with Crippen LogP contribution in [0.15, 0.2) is 60.0 Å². The van der Waals surface area contributed by atoms with Crippen LogP contribution in [0.3, 0.4) is 0 Å². The van der Waals surface area contributed by atoms with Gasteiger partial charge in [0.2, 0.25) is 0 Å². The fraction of sp³-hybridized carbons (Fsp3) is 0.0625. The molecule has 0 aliphatic carbocycles. The zero-order valence-electron chi connectivity index (χ0n) is 12.9. The van der Waals surface area contributed by atoms with Crippen molar-refractivity contribution in [3.63, 3.8) is 0 Å². The summed E-state index contributed by atoms with van der Waals surface area (Å²) in [6.45, 7) is -0.372. The first-order valence-electron chi connectivity index (χ1n) is 7.25. The third-order valence-electron chi connectivity index (χ3n) is 3.18. The van der Waals surface area contributed by atoms with Gasteiger partial charge in [0.1, 0.15) is 19.2 Å². The van der Waals surface area contributed by atoms with Gasteiger partial charge in [-0.1, -0.05) is 42.5 Å². The highest BCUT2D eigenvalue weighted by molar-refractivity contribution is 8.18. The minimum Gasteiger partial charge on any atom is -0.271 e. The number of carbonyl (C=O) groups excluding carboxylic acids is 3. The molecule has 0 atom stereocenters. The van der Waals surface area contributed by atoms with E-state index in [1.165, 1.54) is 17.3 Å². The van der Waals surface area contributed by atoms with Gasteiger partial charge >= 0.3 is 0 Å². The molecule has 1 aromatic heterocycles. The predicted molar refractivity (Wildman–Crippen MR) is 92.6 cm³/mol. The predicted octanol–water partition coefficient (Wildman–Crippen LogP) is 1.64. The van der Waals surface area contributed by atoms with Crippen LogP contribution in [0.2, 0.25) is 0 Å². The van der Waals surface area contributed by atoms with Crippen molar-refractivity contribution in [2.24, 2.45) is 0 Å². The van der Waals surface area contributed by atoms with Crippen LogP contribution in [-0.4, -0.2) is 43.4 Å². The SMILES string of the molecule is O=C(CN1C(=O)S/C(=C/C=C/c2ccccc2)C1=O)Nn1cnnc1. The number of benzene rings is 1. The summed E-state index contributed by atoms with van der Waals surface area (Å²) in [5, 5.41) is 6.59. The van der Waals surface area contributed by atoms with Gasteiger partial charge < -0.3 is 0 Å². The van der Waals surface area contributed by atoms with Gasteiger partial charge in [0, 0.05) is 0 Å². The zero-order chi connectivity index (χ0) is 17.6. The fourth-order valence-corrected chi connectivity index (χ4v) is 2.83. The maximum absolute atomic E-state index is 12.3. The van der Waals surface area contributed by atoms with Crippen LogP contribution in [0, 0.1) is 0 Å². The number of nitrogens with zero attached hydrogens (tertiary/aromatic N) is 4. The van der Waals surface area contributed by atoms with Gasteiger partial charge in [0.05, 0.1) is 4.91 Å². The van der Waals surface area contributed by atoms with E-state index in [-0.39, 0.29) is 11.4 Å². The fourth-order valence-electron chi connectivity index (χ4n) is 2.04. The van der Waals surface area contributed by atoms with Crippen molar-refractivity contribution in [1.29, 1.82) is 0 Å². The second-order valence-electron chi connectivity index (χ2n) is 4.96. The molecule has 1 aromatic carbocycles. The molecular formula is C16H13N5O3S. The van der Waals surface area contributed by atoms with Crippen LogP contribution >= 0.6 is 11.8 Å². The van der Waals surface area contributed by atoms with Crippen LogP contribution in [0.4, 0.5) is 4.79 Å². The third kappa shape index (κ3) is 4.21. The molecule has 1 aliphatic rings. The standard InChI is InChI=1S/C16H13N5O3S/c22-14(19-20-10-17-18-11-20)9-21-15(23)13(25-16(21)24)8-4-7-12-5-2-1-3-6-12/h1-8,10-11H,9H2,(H,19,22)/b7-4+,13-8+. The molecule has 8 nitrogen and oxygen atoms in total. The minimum atomic E-state index is -0.525. The van der Waals surface area contributed by atoms with Gasteiger partial charge in [0.25, 0.3) is 17.1 Å². The van der Waals surface area contributed by atoms with E-state index in [0.29, 0.717) is 0 Å². The Morgan fingerprint density at radius 2 is 1.88 bits per heavy atom. The summed E-state index contributed by atoms with van der Waals surface area (Å²) in [7, 11) is 0. The lowest BCUT2D eigenvalue weighted by atomic mass is 10.2. The molecule has 3 rings (SSSR count). The molecule has 126 valence electrons. The smallest absolute Gasteiger partial charge is 0.271 e. The van der Waals surface area contributed by atoms with E-state index >= 15 is 0 Å². The van der Waals surface area contributed by atoms with Gasteiger partial charge in [0.15, 0.2) is 0 Å². The van der Waals surface area contributed by atoms with Crippen molar-refractivity contribution < 1.29 is 14.4 Å². The molecule has 1 fully saturated rings. The van der Waals surface area contributed by atoms with Crippen LogP contribution in [0.25, 0.3) is 6.08 Å². The monoisotopic (exact) mass is 355 g/mol. The molecule has 1 aliphatic heterocycles. The Morgan fingerprint density at radius 1 is 1.16 bits per heavy atom. The lowest BCUT2D eigenvalue weighted by Gasteiger charge is -2.12. The number of amides is 3. The molecule has 2 aromatic rings. The average molecular weight is 355 g/mol. The molecule has 0 radical (unpaired) electrons. The molecule has 0 bridgehead atoms. The highest BCUT2D eigenvalue weighted by Gasteiger charge is 2.35. The second-order valence-corrected chi connectivity index (χ2v) is 5.96. The molecule has 1 N–H and O–H groups in total. The van der Waals surface area contributed by atoms with Gasteiger partial charge in [-0.25, -0.2) is 4.68 Å². The highest BCUT2D eigenvalue weighted by atomic mass is 32.2. The summed E-state index contributed by atoms with van der Waals surface area (Å²) in [5.74, 6) is -1.02. The minimum absolute atomic E-state index is 0.272. The Balaban J connectivity index is 1.62. The highest BCUT2D eigenvalue weighted by Crippen LogP contribution is 2.30. The summed E-state index contributed by atoms with van der Waals surface area (Å²) < 4.78 is 1.24. The topological polar surface area (TPSA) is 97.2 Å². The van der Waals surface area contributed by atoms with E-state index in [9.17, 15) is 14.4 Å². The lowest BCUT2D eigenvalue weighted by Crippen LogP contribution is -2.38. The number of nitrogens with one attached hydrogen (secondary N) is 1. The molecule has 1 saturated heterocycles. The molecule has 2 heterocycles. The summed E-state index contributed by atoms with van der Waals surface area (Å²) in [6, 6.07) is 9.56. The van der Waals surface area contributed by atoms with Crippen LogP contribution < -0.4 is 5.43 Å². The Morgan fingerprint density at radius 3 is 2.60 bits per heavy atom. The molecular weight excluding hydrogens is 342 g/mol. The van der Waals surface area contributed by atoms with E-state index in [1.807, 2.05) is 36.4 Å². The van der Waals surface area contributed by atoms with Crippen molar-refractivity contribution in [3.05, 3.63) is 65.6 Å². The summed E-state index contributed by atoms with van der Waals surface area (Å²) in [6.07, 6.45) is 7.67. The normalized spacial score (nSPS) is 16.2. The first-order chi connectivity index (χ1) is 12.1. The Hall–Kier alpha value is -3.20. The number of allylic oxidation sites excluding steroid dienone is 2. The van der Waals surface area contributed by atoms with Gasteiger partial charge in [-0.05, 0) is 23.4 Å². The third-order valence-corrected chi connectivity index (χ3v) is 4.11. The molecule has 3 amide bonds. The van der Waals surface area contributed by atoms with E-state index in [2.05, 4.69) is 15.6 Å². The Labute approximate surface area is 147 Å². The number of imide groups is 1. The summed E-state index contributed by atoms with van der Waals surface area (Å²) in [4.78, 5) is 37.3. The molecule has 0 spiro atoms. The number of carbonyl (C=O) groups is 3. The Kier molecular flexibility index (Phi) is 5.05. The maximum Gasteiger partial charge on any atom is 0.294 e. The quantitative estimate of drug-likeness (QED) is 0.819. The van der Waals surface area contributed by atoms with E-state index in [1.54, 1.807) is 12.2 Å². The van der Waals surface area contributed by atoms with Crippen molar-refractivity contribution in [2.45, 2.75) is 0 Å². The number of thioether (sulfide) groups is 1. The number of aromatic nitrogens is 3. The number of hydrogen-bond donors (Lipinski definition) is 1. The van der Waals surface area contributed by atoms with Crippen LogP contribution in [0.5, 0.6) is 0 Å². The summed E-state index contributed by atoms with van der Waals surface area (Å²) in [5.41, 5.74) is 3.41. The van der Waals surface area contributed by atoms with Gasteiger partial charge in [-0.15, -0.1) is 10.2 Å². The number of rotatable bonds is 5. The molecule has 0 unspecified atom stereocenters. The van der Waals surface area contributed by atoms with E-state index < -0.39 is 17.1 Å². The molecule has 9 heteroatoms.